The summed E-state index contributed by atoms with van der Waals surface area (Å²) < 4.78 is 13.2. The molecule has 17 heavy (non-hydrogen) atoms. The molecule has 90 valence electrons. The Bertz CT molecular complexity index is 454. The molecule has 4 heteroatoms. The molecule has 0 aliphatic carbocycles. The number of hydrogen-bond donors (Lipinski definition) is 1. The summed E-state index contributed by atoms with van der Waals surface area (Å²) >= 11 is 0. The van der Waals surface area contributed by atoms with Crippen molar-refractivity contribution in [3.63, 3.8) is 0 Å². The SMILES string of the molecule is CCC1(c2cccc(F)c2)CC(=O)NC(=O)C1. The molecular formula is C13H14FNO2. The van der Waals surface area contributed by atoms with Gasteiger partial charge in [-0.2, -0.15) is 0 Å². The molecule has 0 aromatic heterocycles. The van der Waals surface area contributed by atoms with E-state index in [0.29, 0.717) is 6.42 Å². The fraction of sp³-hybridized carbons (Fsp3) is 0.385. The van der Waals surface area contributed by atoms with E-state index in [1.165, 1.54) is 12.1 Å². The number of rotatable bonds is 2. The zero-order valence-corrected chi connectivity index (χ0v) is 9.63. The van der Waals surface area contributed by atoms with Gasteiger partial charge in [0.2, 0.25) is 11.8 Å². The number of nitrogens with one attached hydrogen (secondary N) is 1. The van der Waals surface area contributed by atoms with Crippen molar-refractivity contribution in [2.45, 2.75) is 31.6 Å². The van der Waals surface area contributed by atoms with Crippen LogP contribution in [-0.2, 0) is 15.0 Å². The number of carbonyl (C=O) groups is 2. The minimum absolute atomic E-state index is 0.235. The first-order chi connectivity index (χ1) is 8.05. The van der Waals surface area contributed by atoms with Crippen LogP contribution in [-0.4, -0.2) is 11.8 Å². The van der Waals surface area contributed by atoms with E-state index >= 15 is 0 Å². The van der Waals surface area contributed by atoms with Gasteiger partial charge in [-0.25, -0.2) is 4.39 Å². The highest BCUT2D eigenvalue weighted by Gasteiger charge is 2.39. The molecule has 1 aliphatic rings. The van der Waals surface area contributed by atoms with Crippen LogP contribution in [0.15, 0.2) is 24.3 Å². The predicted octanol–water partition coefficient (Wildman–Crippen LogP) is 1.91. The molecule has 0 radical (unpaired) electrons. The van der Waals surface area contributed by atoms with E-state index in [1.54, 1.807) is 12.1 Å². The van der Waals surface area contributed by atoms with Crippen LogP contribution in [0.4, 0.5) is 4.39 Å². The summed E-state index contributed by atoms with van der Waals surface area (Å²) in [5, 5.41) is 2.28. The molecule has 1 aliphatic heterocycles. The topological polar surface area (TPSA) is 46.2 Å². The number of imide groups is 1. The normalized spacial score (nSPS) is 18.9. The molecule has 0 bridgehead atoms. The van der Waals surface area contributed by atoms with Gasteiger partial charge in [-0.05, 0) is 24.1 Å². The zero-order chi connectivity index (χ0) is 12.5. The summed E-state index contributed by atoms with van der Waals surface area (Å²) in [5.74, 6) is -0.909. The van der Waals surface area contributed by atoms with Crippen LogP contribution in [0.3, 0.4) is 0 Å². The van der Waals surface area contributed by atoms with Gasteiger partial charge in [0.25, 0.3) is 0 Å². The average Bonchev–Trinajstić information content (AvgIpc) is 2.27. The smallest absolute Gasteiger partial charge is 0.227 e. The summed E-state index contributed by atoms with van der Waals surface area (Å²) in [6, 6.07) is 6.16. The van der Waals surface area contributed by atoms with Crippen LogP contribution >= 0.6 is 0 Å². The maximum Gasteiger partial charge on any atom is 0.227 e. The van der Waals surface area contributed by atoms with Crippen molar-refractivity contribution in [3.05, 3.63) is 35.6 Å². The third kappa shape index (κ3) is 2.20. The van der Waals surface area contributed by atoms with E-state index in [0.717, 1.165) is 5.56 Å². The third-order valence-electron chi connectivity index (χ3n) is 3.39. The number of halogens is 1. The Kier molecular flexibility index (Phi) is 2.96. The van der Waals surface area contributed by atoms with Crippen LogP contribution in [0.25, 0.3) is 0 Å². The Morgan fingerprint density at radius 1 is 1.29 bits per heavy atom. The van der Waals surface area contributed by atoms with Gasteiger partial charge >= 0.3 is 0 Å². The molecule has 1 aromatic rings. The Morgan fingerprint density at radius 3 is 2.47 bits per heavy atom. The van der Waals surface area contributed by atoms with Crippen LogP contribution in [0.5, 0.6) is 0 Å². The molecule has 0 atom stereocenters. The molecule has 2 amide bonds. The van der Waals surface area contributed by atoms with Crippen molar-refractivity contribution in [3.8, 4) is 0 Å². The molecule has 2 rings (SSSR count). The van der Waals surface area contributed by atoms with Gasteiger partial charge < -0.3 is 0 Å². The van der Waals surface area contributed by atoms with Crippen molar-refractivity contribution in [2.75, 3.05) is 0 Å². The lowest BCUT2D eigenvalue weighted by atomic mass is 9.71. The van der Waals surface area contributed by atoms with Crippen molar-refractivity contribution in [2.24, 2.45) is 0 Å². The molecule has 0 unspecified atom stereocenters. The van der Waals surface area contributed by atoms with E-state index in [1.807, 2.05) is 6.92 Å². The van der Waals surface area contributed by atoms with Crippen molar-refractivity contribution in [1.29, 1.82) is 0 Å². The Hall–Kier alpha value is -1.71. The Balaban J connectivity index is 2.43. The van der Waals surface area contributed by atoms with Crippen LogP contribution in [0.2, 0.25) is 0 Å². The molecule has 1 N–H and O–H groups in total. The molecule has 1 saturated heterocycles. The molecule has 1 aromatic carbocycles. The van der Waals surface area contributed by atoms with Gasteiger partial charge in [0, 0.05) is 18.3 Å². The predicted molar refractivity (Wildman–Crippen MR) is 60.8 cm³/mol. The van der Waals surface area contributed by atoms with E-state index in [9.17, 15) is 14.0 Å². The lowest BCUT2D eigenvalue weighted by molar-refractivity contribution is -0.135. The maximum absolute atomic E-state index is 13.2. The first-order valence-electron chi connectivity index (χ1n) is 5.64. The number of carbonyl (C=O) groups excluding carboxylic acids is 2. The number of hydrogen-bond acceptors (Lipinski definition) is 2. The lowest BCUT2D eigenvalue weighted by Crippen LogP contribution is -2.46. The first-order valence-corrected chi connectivity index (χ1v) is 5.64. The highest BCUT2D eigenvalue weighted by Crippen LogP contribution is 2.37. The van der Waals surface area contributed by atoms with Crippen molar-refractivity contribution >= 4 is 11.8 Å². The van der Waals surface area contributed by atoms with Gasteiger partial charge in [-0.15, -0.1) is 0 Å². The largest absolute Gasteiger partial charge is 0.296 e. The quantitative estimate of drug-likeness (QED) is 0.796. The van der Waals surface area contributed by atoms with Crippen molar-refractivity contribution < 1.29 is 14.0 Å². The van der Waals surface area contributed by atoms with Gasteiger partial charge in [0.1, 0.15) is 5.82 Å². The van der Waals surface area contributed by atoms with Crippen LogP contribution < -0.4 is 5.32 Å². The summed E-state index contributed by atoms with van der Waals surface area (Å²) in [7, 11) is 0. The molecule has 0 saturated carbocycles. The second-order valence-corrected chi connectivity index (χ2v) is 4.47. The Morgan fingerprint density at radius 2 is 1.94 bits per heavy atom. The average molecular weight is 235 g/mol. The van der Waals surface area contributed by atoms with E-state index in [2.05, 4.69) is 5.32 Å². The molecule has 1 fully saturated rings. The minimum atomic E-state index is -0.554. The van der Waals surface area contributed by atoms with Gasteiger partial charge in [0.05, 0.1) is 0 Å². The fourth-order valence-corrected chi connectivity index (χ4v) is 2.40. The van der Waals surface area contributed by atoms with Gasteiger partial charge in [-0.3, -0.25) is 14.9 Å². The number of amides is 2. The second-order valence-electron chi connectivity index (χ2n) is 4.47. The molecule has 3 nitrogen and oxygen atoms in total. The van der Waals surface area contributed by atoms with Gasteiger partial charge in [-0.1, -0.05) is 19.1 Å². The summed E-state index contributed by atoms with van der Waals surface area (Å²) in [6.07, 6.45) is 1.10. The number of piperidine rings is 1. The first kappa shape index (κ1) is 11.8. The van der Waals surface area contributed by atoms with E-state index in [4.69, 9.17) is 0 Å². The summed E-state index contributed by atoms with van der Waals surface area (Å²) in [6.45, 7) is 1.91. The monoisotopic (exact) mass is 235 g/mol. The summed E-state index contributed by atoms with van der Waals surface area (Å²) in [4.78, 5) is 23.0. The maximum atomic E-state index is 13.2. The Labute approximate surface area is 99.0 Å². The highest BCUT2D eigenvalue weighted by atomic mass is 19.1. The fourth-order valence-electron chi connectivity index (χ4n) is 2.40. The lowest BCUT2D eigenvalue weighted by Gasteiger charge is -2.35. The highest BCUT2D eigenvalue weighted by molar-refractivity contribution is 5.99. The standard InChI is InChI=1S/C13H14FNO2/c1-2-13(7-11(16)15-12(17)8-13)9-4-3-5-10(14)6-9/h3-6H,2,7-8H2,1H3,(H,15,16,17). The van der Waals surface area contributed by atoms with Gasteiger partial charge in [0.15, 0.2) is 0 Å². The summed E-state index contributed by atoms with van der Waals surface area (Å²) in [5.41, 5.74) is 0.171. The minimum Gasteiger partial charge on any atom is -0.296 e. The second kappa shape index (κ2) is 4.28. The van der Waals surface area contributed by atoms with Crippen LogP contribution in [0, 0.1) is 5.82 Å². The van der Waals surface area contributed by atoms with E-state index in [-0.39, 0.29) is 30.5 Å². The molecule has 0 spiro atoms. The van der Waals surface area contributed by atoms with E-state index < -0.39 is 5.41 Å². The molecular weight excluding hydrogens is 221 g/mol. The van der Waals surface area contributed by atoms with Crippen LogP contribution in [0.1, 0.15) is 31.7 Å². The molecule has 1 heterocycles. The zero-order valence-electron chi connectivity index (χ0n) is 9.63. The third-order valence-corrected chi connectivity index (χ3v) is 3.39. The van der Waals surface area contributed by atoms with Crippen molar-refractivity contribution in [1.82, 2.24) is 5.32 Å². The number of benzene rings is 1.